The van der Waals surface area contributed by atoms with Gasteiger partial charge in [-0.05, 0) is 36.8 Å². The van der Waals surface area contributed by atoms with Gasteiger partial charge in [0.25, 0.3) is 0 Å². The van der Waals surface area contributed by atoms with Gasteiger partial charge in [0.2, 0.25) is 0 Å². The fourth-order valence-electron chi connectivity index (χ4n) is 1.61. The Balaban J connectivity index is 2.10. The Hall–Kier alpha value is -1.04. The largest absolute Gasteiger partial charge is 0.292 e. The van der Waals surface area contributed by atoms with Crippen LogP contribution in [0.4, 0.5) is 4.39 Å². The number of halogens is 2. The summed E-state index contributed by atoms with van der Waals surface area (Å²) in [6, 6.07) is 7.49. The predicted octanol–water partition coefficient (Wildman–Crippen LogP) is 4.09. The van der Waals surface area contributed by atoms with E-state index >= 15 is 0 Å². The molecular formula is C14H12ClFO2S2. The van der Waals surface area contributed by atoms with Crippen LogP contribution in [0, 0.1) is 5.82 Å². The van der Waals surface area contributed by atoms with E-state index < -0.39 is 16.6 Å². The minimum absolute atomic E-state index is 0.0901. The topological polar surface area (TPSA) is 34.1 Å². The molecule has 106 valence electrons. The van der Waals surface area contributed by atoms with Gasteiger partial charge in [0, 0.05) is 9.77 Å². The van der Waals surface area contributed by atoms with Gasteiger partial charge in [0.1, 0.15) is 5.82 Å². The molecule has 0 amide bonds. The average molecular weight is 331 g/mol. The van der Waals surface area contributed by atoms with Gasteiger partial charge in [-0.2, -0.15) is 0 Å². The number of aryl methyl sites for hydroxylation is 1. The van der Waals surface area contributed by atoms with E-state index in [4.69, 9.17) is 11.6 Å². The summed E-state index contributed by atoms with van der Waals surface area (Å²) in [5, 5.41) is -0.0901. The highest BCUT2D eigenvalue weighted by molar-refractivity contribution is 7.85. The van der Waals surface area contributed by atoms with Crippen LogP contribution in [-0.4, -0.2) is 15.7 Å². The number of carbonyl (C=O) groups is 1. The molecule has 0 spiro atoms. The maximum atomic E-state index is 13.0. The van der Waals surface area contributed by atoms with Crippen molar-refractivity contribution in [2.24, 2.45) is 0 Å². The minimum atomic E-state index is -1.52. The SMILES string of the molecule is CCc1ccc(C(=O)CS(=O)c2ccc(F)c(Cl)c2)s1. The zero-order chi connectivity index (χ0) is 14.7. The first-order chi connectivity index (χ1) is 9.51. The molecule has 0 saturated carbocycles. The Morgan fingerprint density at radius 3 is 2.70 bits per heavy atom. The summed E-state index contributed by atoms with van der Waals surface area (Å²) in [7, 11) is -1.52. The van der Waals surface area contributed by atoms with Crippen molar-refractivity contribution in [2.75, 3.05) is 5.75 Å². The number of carbonyl (C=O) groups excluding carboxylic acids is 1. The third-order valence-electron chi connectivity index (χ3n) is 2.70. The number of hydrogen-bond acceptors (Lipinski definition) is 3. The smallest absolute Gasteiger partial charge is 0.185 e. The van der Waals surface area contributed by atoms with Crippen LogP contribution in [-0.2, 0) is 17.2 Å². The molecule has 2 rings (SSSR count). The monoisotopic (exact) mass is 330 g/mol. The van der Waals surface area contributed by atoms with Crippen molar-refractivity contribution in [2.45, 2.75) is 18.2 Å². The third-order valence-corrected chi connectivity index (χ3v) is 5.57. The molecule has 2 aromatic rings. The van der Waals surface area contributed by atoms with Crippen molar-refractivity contribution in [3.8, 4) is 0 Å². The van der Waals surface area contributed by atoms with Gasteiger partial charge in [-0.1, -0.05) is 18.5 Å². The van der Waals surface area contributed by atoms with Crippen molar-refractivity contribution in [3.63, 3.8) is 0 Å². The lowest BCUT2D eigenvalue weighted by Crippen LogP contribution is -2.09. The van der Waals surface area contributed by atoms with Crippen molar-refractivity contribution < 1.29 is 13.4 Å². The summed E-state index contributed by atoms with van der Waals surface area (Å²) in [6.07, 6.45) is 0.870. The van der Waals surface area contributed by atoms with Crippen molar-refractivity contribution in [3.05, 3.63) is 50.9 Å². The molecule has 0 aliphatic rings. The Labute approximate surface area is 128 Å². The van der Waals surface area contributed by atoms with Gasteiger partial charge in [-0.15, -0.1) is 11.3 Å². The lowest BCUT2D eigenvalue weighted by Gasteiger charge is -2.02. The van der Waals surface area contributed by atoms with E-state index in [1.165, 1.54) is 23.5 Å². The van der Waals surface area contributed by atoms with E-state index in [1.54, 1.807) is 6.07 Å². The molecule has 1 atom stereocenters. The predicted molar refractivity (Wildman–Crippen MR) is 80.7 cm³/mol. The molecule has 0 radical (unpaired) electrons. The minimum Gasteiger partial charge on any atom is -0.292 e. The number of hydrogen-bond donors (Lipinski definition) is 0. The second kappa shape index (κ2) is 6.61. The average Bonchev–Trinajstić information content (AvgIpc) is 2.90. The lowest BCUT2D eigenvalue weighted by atomic mass is 10.3. The van der Waals surface area contributed by atoms with Crippen LogP contribution in [0.2, 0.25) is 5.02 Å². The van der Waals surface area contributed by atoms with Crippen LogP contribution in [0.3, 0.4) is 0 Å². The second-order valence-corrected chi connectivity index (χ2v) is 7.14. The molecule has 0 N–H and O–H groups in total. The number of rotatable bonds is 5. The summed E-state index contributed by atoms with van der Waals surface area (Å²) < 4.78 is 25.1. The van der Waals surface area contributed by atoms with Crippen LogP contribution in [0.1, 0.15) is 21.5 Å². The molecule has 0 aliphatic carbocycles. The Morgan fingerprint density at radius 2 is 2.10 bits per heavy atom. The fraction of sp³-hybridized carbons (Fsp3) is 0.214. The van der Waals surface area contributed by atoms with Crippen LogP contribution in [0.25, 0.3) is 0 Å². The molecule has 2 nitrogen and oxygen atoms in total. The standard InChI is InChI=1S/C14H12ClFO2S2/c1-2-9-3-6-14(19-9)13(17)8-20(18)10-4-5-12(16)11(15)7-10/h3-7H,2,8H2,1H3. The summed E-state index contributed by atoms with van der Waals surface area (Å²) >= 11 is 7.05. The summed E-state index contributed by atoms with van der Waals surface area (Å²) in [6.45, 7) is 2.01. The van der Waals surface area contributed by atoms with Gasteiger partial charge in [0.05, 0.1) is 26.5 Å². The van der Waals surface area contributed by atoms with Crippen LogP contribution in [0.5, 0.6) is 0 Å². The molecule has 1 heterocycles. The van der Waals surface area contributed by atoms with E-state index in [0.29, 0.717) is 9.77 Å². The van der Waals surface area contributed by atoms with E-state index in [1.807, 2.05) is 13.0 Å². The molecular weight excluding hydrogens is 319 g/mol. The second-order valence-electron chi connectivity index (χ2n) is 4.11. The first-order valence-electron chi connectivity index (χ1n) is 5.96. The molecule has 1 unspecified atom stereocenters. The molecule has 6 heteroatoms. The summed E-state index contributed by atoms with van der Waals surface area (Å²) in [5.74, 6) is -0.857. The Morgan fingerprint density at radius 1 is 1.35 bits per heavy atom. The first-order valence-corrected chi connectivity index (χ1v) is 8.48. The first kappa shape index (κ1) is 15.4. The van der Waals surface area contributed by atoms with E-state index in [0.717, 1.165) is 17.4 Å². The van der Waals surface area contributed by atoms with Crippen molar-refractivity contribution >= 4 is 39.5 Å². The number of Topliss-reactive ketones (excluding diaryl/α,β-unsaturated/α-hetero) is 1. The van der Waals surface area contributed by atoms with Gasteiger partial charge < -0.3 is 0 Å². The van der Waals surface area contributed by atoms with Gasteiger partial charge in [-0.3, -0.25) is 9.00 Å². The molecule has 0 fully saturated rings. The highest BCUT2D eigenvalue weighted by Gasteiger charge is 2.15. The summed E-state index contributed by atoms with van der Waals surface area (Å²) in [4.78, 5) is 14.1. The molecule has 1 aromatic heterocycles. The Kier molecular flexibility index (Phi) is 5.07. The van der Waals surface area contributed by atoms with Crippen molar-refractivity contribution in [1.82, 2.24) is 0 Å². The number of thiophene rings is 1. The zero-order valence-electron chi connectivity index (χ0n) is 10.7. The molecule has 1 aromatic carbocycles. The third kappa shape index (κ3) is 3.53. The lowest BCUT2D eigenvalue weighted by molar-refractivity contribution is 0.102. The van der Waals surface area contributed by atoms with Crippen molar-refractivity contribution in [1.29, 1.82) is 0 Å². The van der Waals surface area contributed by atoms with Crippen LogP contribution < -0.4 is 0 Å². The molecule has 0 aliphatic heterocycles. The van der Waals surface area contributed by atoms with Gasteiger partial charge in [0.15, 0.2) is 5.78 Å². The van der Waals surface area contributed by atoms with Gasteiger partial charge >= 0.3 is 0 Å². The maximum Gasteiger partial charge on any atom is 0.185 e. The van der Waals surface area contributed by atoms with E-state index in [-0.39, 0.29) is 16.6 Å². The Bertz CT molecular complexity index is 667. The highest BCUT2D eigenvalue weighted by atomic mass is 35.5. The maximum absolute atomic E-state index is 13.0. The fourth-order valence-corrected chi connectivity index (χ4v) is 3.86. The quantitative estimate of drug-likeness (QED) is 0.774. The van der Waals surface area contributed by atoms with E-state index in [2.05, 4.69) is 0 Å². The van der Waals surface area contributed by atoms with Gasteiger partial charge in [-0.25, -0.2) is 4.39 Å². The molecule has 0 bridgehead atoms. The normalized spacial score (nSPS) is 12.3. The zero-order valence-corrected chi connectivity index (χ0v) is 13.1. The van der Waals surface area contributed by atoms with Crippen LogP contribution in [0.15, 0.2) is 35.2 Å². The number of ketones is 1. The molecule has 20 heavy (non-hydrogen) atoms. The van der Waals surface area contributed by atoms with E-state index in [9.17, 15) is 13.4 Å². The summed E-state index contributed by atoms with van der Waals surface area (Å²) in [5.41, 5.74) is 0. The molecule has 0 saturated heterocycles. The number of benzene rings is 1. The highest BCUT2D eigenvalue weighted by Crippen LogP contribution is 2.21. The van der Waals surface area contributed by atoms with Crippen LogP contribution >= 0.6 is 22.9 Å².